The molecular formula is C12H16O3. The fraction of sp³-hybridized carbons (Fsp3) is 0.500. The van der Waals surface area contributed by atoms with E-state index in [4.69, 9.17) is 9.84 Å². The molecule has 0 saturated carbocycles. The Bertz CT molecular complexity index is 304. The molecule has 3 atom stereocenters. The Balaban J connectivity index is 1.83. The number of hydrogen-bond acceptors (Lipinski definition) is 3. The second-order valence-corrected chi connectivity index (χ2v) is 3.97. The third-order valence-electron chi connectivity index (χ3n) is 2.69. The van der Waals surface area contributed by atoms with Gasteiger partial charge in [-0.25, -0.2) is 0 Å². The number of allylic oxidation sites excluding steroid dienone is 1. The van der Waals surface area contributed by atoms with Crippen LogP contribution < -0.4 is 0 Å². The molecule has 0 bridgehead atoms. The number of aliphatic hydroxyl groups is 2. The van der Waals surface area contributed by atoms with Gasteiger partial charge in [0.05, 0.1) is 18.3 Å². The molecule has 0 aliphatic heterocycles. The van der Waals surface area contributed by atoms with Gasteiger partial charge in [-0.3, -0.25) is 0 Å². The van der Waals surface area contributed by atoms with E-state index in [0.29, 0.717) is 5.76 Å². The van der Waals surface area contributed by atoms with Crippen molar-refractivity contribution in [2.24, 2.45) is 0 Å². The minimum atomic E-state index is -0.310. The summed E-state index contributed by atoms with van der Waals surface area (Å²) in [6.07, 6.45) is 11.2. The van der Waals surface area contributed by atoms with Crippen LogP contribution in [0.5, 0.6) is 0 Å². The van der Waals surface area contributed by atoms with Crippen molar-refractivity contribution < 1.29 is 14.9 Å². The van der Waals surface area contributed by atoms with Crippen LogP contribution in [0.2, 0.25) is 0 Å². The van der Waals surface area contributed by atoms with Gasteiger partial charge in [-0.2, -0.15) is 0 Å². The molecule has 15 heavy (non-hydrogen) atoms. The SMILES string of the molecule is OC1=CCC(OC2C=CC(O)CC2)C=C1. The molecule has 82 valence electrons. The molecule has 2 aliphatic carbocycles. The van der Waals surface area contributed by atoms with Crippen LogP contribution in [0.3, 0.4) is 0 Å². The predicted molar refractivity (Wildman–Crippen MR) is 57.5 cm³/mol. The molecule has 0 radical (unpaired) electrons. The van der Waals surface area contributed by atoms with Crippen LogP contribution in [0, 0.1) is 0 Å². The minimum Gasteiger partial charge on any atom is -0.508 e. The van der Waals surface area contributed by atoms with E-state index in [1.165, 1.54) is 0 Å². The first-order valence-corrected chi connectivity index (χ1v) is 5.33. The normalized spacial score (nSPS) is 35.3. The smallest absolute Gasteiger partial charge is 0.111 e. The van der Waals surface area contributed by atoms with Gasteiger partial charge in [-0.05, 0) is 31.4 Å². The first kappa shape index (κ1) is 10.5. The van der Waals surface area contributed by atoms with Gasteiger partial charge in [0.2, 0.25) is 0 Å². The summed E-state index contributed by atoms with van der Waals surface area (Å²) in [5, 5.41) is 18.4. The van der Waals surface area contributed by atoms with Gasteiger partial charge in [0, 0.05) is 0 Å². The van der Waals surface area contributed by atoms with Gasteiger partial charge in [0.1, 0.15) is 5.76 Å². The molecule has 3 nitrogen and oxygen atoms in total. The van der Waals surface area contributed by atoms with E-state index < -0.39 is 0 Å². The van der Waals surface area contributed by atoms with E-state index in [2.05, 4.69) is 0 Å². The number of hydrogen-bond donors (Lipinski definition) is 2. The molecule has 0 heterocycles. The lowest BCUT2D eigenvalue weighted by atomic mass is 10.0. The van der Waals surface area contributed by atoms with Gasteiger partial charge in [0.15, 0.2) is 0 Å². The molecule has 2 rings (SSSR count). The second kappa shape index (κ2) is 4.64. The highest BCUT2D eigenvalue weighted by Gasteiger charge is 2.18. The molecule has 2 N–H and O–H groups in total. The van der Waals surface area contributed by atoms with Gasteiger partial charge in [-0.1, -0.05) is 18.2 Å². The Labute approximate surface area is 89.4 Å². The molecule has 0 aromatic carbocycles. The van der Waals surface area contributed by atoms with E-state index in [1.807, 2.05) is 12.2 Å². The third-order valence-corrected chi connectivity index (χ3v) is 2.69. The molecule has 0 spiro atoms. The lowest BCUT2D eigenvalue weighted by Crippen LogP contribution is -2.24. The molecule has 3 heteroatoms. The van der Waals surface area contributed by atoms with Crippen LogP contribution in [0.4, 0.5) is 0 Å². The Morgan fingerprint density at radius 2 is 2.00 bits per heavy atom. The van der Waals surface area contributed by atoms with Crippen LogP contribution in [-0.2, 0) is 4.74 Å². The van der Waals surface area contributed by atoms with Gasteiger partial charge in [0.25, 0.3) is 0 Å². The summed E-state index contributed by atoms with van der Waals surface area (Å²) in [5.41, 5.74) is 0. The Hall–Kier alpha value is -1.06. The quantitative estimate of drug-likeness (QED) is 0.681. The predicted octanol–water partition coefficient (Wildman–Crippen LogP) is 1.85. The first-order valence-electron chi connectivity index (χ1n) is 5.33. The Morgan fingerprint density at radius 3 is 2.60 bits per heavy atom. The van der Waals surface area contributed by atoms with Crippen molar-refractivity contribution in [3.05, 3.63) is 36.1 Å². The molecule has 2 aliphatic rings. The zero-order valence-electron chi connectivity index (χ0n) is 8.54. The summed E-state index contributed by atoms with van der Waals surface area (Å²) in [6, 6.07) is 0. The maximum absolute atomic E-state index is 9.27. The van der Waals surface area contributed by atoms with Crippen molar-refractivity contribution in [3.8, 4) is 0 Å². The lowest BCUT2D eigenvalue weighted by molar-refractivity contribution is 0.0243. The molecule has 0 amide bonds. The molecule has 3 unspecified atom stereocenters. The fourth-order valence-corrected chi connectivity index (χ4v) is 1.81. The Morgan fingerprint density at radius 1 is 1.13 bits per heavy atom. The van der Waals surface area contributed by atoms with Gasteiger partial charge >= 0.3 is 0 Å². The van der Waals surface area contributed by atoms with Gasteiger partial charge < -0.3 is 14.9 Å². The molecule has 0 saturated heterocycles. The molecule has 0 fully saturated rings. The topological polar surface area (TPSA) is 49.7 Å². The van der Waals surface area contributed by atoms with Crippen molar-refractivity contribution in [3.63, 3.8) is 0 Å². The summed E-state index contributed by atoms with van der Waals surface area (Å²) >= 11 is 0. The van der Waals surface area contributed by atoms with Crippen LogP contribution in [0.25, 0.3) is 0 Å². The molecule has 0 aromatic rings. The minimum absolute atomic E-state index is 0.0470. The van der Waals surface area contributed by atoms with Crippen molar-refractivity contribution >= 4 is 0 Å². The summed E-state index contributed by atoms with van der Waals surface area (Å²) < 4.78 is 5.79. The maximum Gasteiger partial charge on any atom is 0.111 e. The first-order chi connectivity index (χ1) is 7.24. The zero-order chi connectivity index (χ0) is 10.7. The van der Waals surface area contributed by atoms with Gasteiger partial charge in [-0.15, -0.1) is 0 Å². The summed E-state index contributed by atoms with van der Waals surface area (Å²) in [6.45, 7) is 0. The summed E-state index contributed by atoms with van der Waals surface area (Å²) in [5.74, 6) is 0.310. The highest BCUT2D eigenvalue weighted by molar-refractivity contribution is 5.18. The van der Waals surface area contributed by atoms with E-state index in [9.17, 15) is 5.11 Å². The zero-order valence-corrected chi connectivity index (χ0v) is 8.54. The third kappa shape index (κ3) is 2.94. The Kier molecular flexibility index (Phi) is 3.23. The van der Waals surface area contributed by atoms with E-state index in [0.717, 1.165) is 19.3 Å². The largest absolute Gasteiger partial charge is 0.508 e. The van der Waals surface area contributed by atoms with Crippen molar-refractivity contribution in [1.82, 2.24) is 0 Å². The van der Waals surface area contributed by atoms with Crippen LogP contribution in [0.1, 0.15) is 19.3 Å². The average Bonchev–Trinajstić information content (AvgIpc) is 2.25. The number of aliphatic hydroxyl groups excluding tert-OH is 2. The number of rotatable bonds is 2. The van der Waals surface area contributed by atoms with E-state index in [1.54, 1.807) is 18.2 Å². The van der Waals surface area contributed by atoms with E-state index in [-0.39, 0.29) is 18.3 Å². The fourth-order valence-electron chi connectivity index (χ4n) is 1.81. The standard InChI is InChI=1S/C12H16O3/c13-9-1-5-11(6-2-9)15-12-7-3-10(14)4-8-12/h1-3,5,7,10-14H,4,6,8H2. The average molecular weight is 208 g/mol. The lowest BCUT2D eigenvalue weighted by Gasteiger charge is -2.24. The van der Waals surface area contributed by atoms with E-state index >= 15 is 0 Å². The van der Waals surface area contributed by atoms with Crippen molar-refractivity contribution in [2.75, 3.05) is 0 Å². The molecule has 0 aromatic heterocycles. The molecular weight excluding hydrogens is 192 g/mol. The summed E-state index contributed by atoms with van der Waals surface area (Å²) in [4.78, 5) is 0. The van der Waals surface area contributed by atoms with Crippen LogP contribution in [0.15, 0.2) is 36.1 Å². The maximum atomic E-state index is 9.27. The van der Waals surface area contributed by atoms with Crippen LogP contribution in [-0.4, -0.2) is 28.5 Å². The number of ether oxygens (including phenoxy) is 1. The van der Waals surface area contributed by atoms with Crippen LogP contribution >= 0.6 is 0 Å². The van der Waals surface area contributed by atoms with Crippen molar-refractivity contribution in [2.45, 2.75) is 37.6 Å². The second-order valence-electron chi connectivity index (χ2n) is 3.97. The highest BCUT2D eigenvalue weighted by Crippen LogP contribution is 2.19. The van der Waals surface area contributed by atoms with Crippen molar-refractivity contribution in [1.29, 1.82) is 0 Å². The monoisotopic (exact) mass is 208 g/mol. The highest BCUT2D eigenvalue weighted by atomic mass is 16.5. The summed E-state index contributed by atoms with van der Waals surface area (Å²) in [7, 11) is 0.